The standard InChI is InChI=1S/C14H16N2/c15-12-7-8-13(16)14-10-4-2-1-3-9(10)5-6-11(12)14/h1-6,12-13H,7-8,15-16H2/t12-,13+/m0/s1. The molecule has 1 aliphatic carbocycles. The topological polar surface area (TPSA) is 52.0 Å². The first-order valence-corrected chi connectivity index (χ1v) is 5.80. The van der Waals surface area contributed by atoms with E-state index in [1.54, 1.807) is 0 Å². The van der Waals surface area contributed by atoms with E-state index in [0.29, 0.717) is 0 Å². The molecule has 0 radical (unpaired) electrons. The van der Waals surface area contributed by atoms with Crippen molar-refractivity contribution in [2.75, 3.05) is 0 Å². The Morgan fingerprint density at radius 3 is 2.50 bits per heavy atom. The molecule has 0 amide bonds. The van der Waals surface area contributed by atoms with Gasteiger partial charge < -0.3 is 11.5 Å². The summed E-state index contributed by atoms with van der Waals surface area (Å²) in [5.74, 6) is 0. The molecule has 16 heavy (non-hydrogen) atoms. The quantitative estimate of drug-likeness (QED) is 0.705. The highest BCUT2D eigenvalue weighted by Crippen LogP contribution is 2.37. The summed E-state index contributed by atoms with van der Waals surface area (Å²) in [6.45, 7) is 0. The third kappa shape index (κ3) is 1.34. The fraction of sp³-hybridized carbons (Fsp3) is 0.286. The molecule has 1 aliphatic rings. The van der Waals surface area contributed by atoms with Gasteiger partial charge in [-0.25, -0.2) is 0 Å². The summed E-state index contributed by atoms with van der Waals surface area (Å²) in [6.07, 6.45) is 1.98. The second-order valence-electron chi connectivity index (χ2n) is 4.58. The largest absolute Gasteiger partial charge is 0.324 e. The van der Waals surface area contributed by atoms with E-state index in [9.17, 15) is 0 Å². The van der Waals surface area contributed by atoms with Gasteiger partial charge >= 0.3 is 0 Å². The van der Waals surface area contributed by atoms with Crippen LogP contribution in [0, 0.1) is 0 Å². The fourth-order valence-electron chi connectivity index (χ4n) is 2.71. The third-order valence-corrected chi connectivity index (χ3v) is 3.56. The number of fused-ring (bicyclic) bond motifs is 3. The van der Waals surface area contributed by atoms with E-state index in [1.807, 2.05) is 0 Å². The van der Waals surface area contributed by atoms with Crippen LogP contribution in [0.4, 0.5) is 0 Å². The van der Waals surface area contributed by atoms with Gasteiger partial charge in [0.2, 0.25) is 0 Å². The SMILES string of the molecule is N[C@@H]1CC[C@H](N)c2ccc3ccccc3c21. The van der Waals surface area contributed by atoms with E-state index in [-0.39, 0.29) is 12.1 Å². The molecule has 0 aromatic heterocycles. The zero-order valence-corrected chi connectivity index (χ0v) is 9.19. The smallest absolute Gasteiger partial charge is 0.0305 e. The average molecular weight is 212 g/mol. The van der Waals surface area contributed by atoms with Crippen LogP contribution in [0.5, 0.6) is 0 Å². The maximum absolute atomic E-state index is 6.22. The Kier molecular flexibility index (Phi) is 2.20. The van der Waals surface area contributed by atoms with Crippen LogP contribution >= 0.6 is 0 Å². The Morgan fingerprint density at radius 1 is 0.875 bits per heavy atom. The molecule has 0 saturated carbocycles. The summed E-state index contributed by atoms with van der Waals surface area (Å²) >= 11 is 0. The molecular formula is C14H16N2. The predicted molar refractivity (Wildman–Crippen MR) is 67.0 cm³/mol. The molecule has 0 heterocycles. The van der Waals surface area contributed by atoms with Crippen LogP contribution in [-0.2, 0) is 0 Å². The molecule has 4 N–H and O–H groups in total. The van der Waals surface area contributed by atoms with E-state index in [2.05, 4.69) is 36.4 Å². The summed E-state index contributed by atoms with van der Waals surface area (Å²) in [4.78, 5) is 0. The molecule has 0 saturated heterocycles. The molecule has 82 valence electrons. The van der Waals surface area contributed by atoms with Crippen molar-refractivity contribution < 1.29 is 0 Å². The summed E-state index contributed by atoms with van der Waals surface area (Å²) in [7, 11) is 0. The van der Waals surface area contributed by atoms with Gasteiger partial charge in [0.05, 0.1) is 0 Å². The Hall–Kier alpha value is -1.38. The minimum Gasteiger partial charge on any atom is -0.324 e. The van der Waals surface area contributed by atoms with Gasteiger partial charge in [0.1, 0.15) is 0 Å². The lowest BCUT2D eigenvalue weighted by molar-refractivity contribution is 0.504. The highest BCUT2D eigenvalue weighted by atomic mass is 14.7. The molecule has 0 aliphatic heterocycles. The van der Waals surface area contributed by atoms with Crippen LogP contribution in [0.25, 0.3) is 10.8 Å². The molecule has 2 heteroatoms. The number of benzene rings is 2. The lowest BCUT2D eigenvalue weighted by atomic mass is 9.82. The Morgan fingerprint density at radius 2 is 1.62 bits per heavy atom. The zero-order chi connectivity index (χ0) is 11.1. The second kappa shape index (κ2) is 3.58. The van der Waals surface area contributed by atoms with Crippen molar-refractivity contribution >= 4 is 10.8 Å². The highest BCUT2D eigenvalue weighted by Gasteiger charge is 2.24. The maximum atomic E-state index is 6.22. The number of rotatable bonds is 0. The lowest BCUT2D eigenvalue weighted by Crippen LogP contribution is -2.24. The van der Waals surface area contributed by atoms with Crippen molar-refractivity contribution in [1.82, 2.24) is 0 Å². The summed E-state index contributed by atoms with van der Waals surface area (Å²) in [5, 5.41) is 2.52. The van der Waals surface area contributed by atoms with Crippen LogP contribution in [0.15, 0.2) is 36.4 Å². The maximum Gasteiger partial charge on any atom is 0.0305 e. The molecular weight excluding hydrogens is 196 g/mol. The minimum atomic E-state index is 0.140. The molecule has 2 aromatic rings. The first kappa shape index (κ1) is 9.82. The van der Waals surface area contributed by atoms with Crippen molar-refractivity contribution in [2.24, 2.45) is 11.5 Å². The molecule has 2 aromatic carbocycles. The molecule has 2 nitrogen and oxygen atoms in total. The van der Waals surface area contributed by atoms with Crippen molar-refractivity contribution in [3.05, 3.63) is 47.5 Å². The monoisotopic (exact) mass is 212 g/mol. The van der Waals surface area contributed by atoms with Gasteiger partial charge in [-0.15, -0.1) is 0 Å². The van der Waals surface area contributed by atoms with Crippen molar-refractivity contribution in [3.8, 4) is 0 Å². The van der Waals surface area contributed by atoms with Crippen LogP contribution in [-0.4, -0.2) is 0 Å². The molecule has 2 atom stereocenters. The minimum absolute atomic E-state index is 0.140. The first-order valence-electron chi connectivity index (χ1n) is 5.80. The molecule has 0 fully saturated rings. The molecule has 0 bridgehead atoms. The van der Waals surface area contributed by atoms with Crippen molar-refractivity contribution in [1.29, 1.82) is 0 Å². The van der Waals surface area contributed by atoms with Crippen LogP contribution in [0.3, 0.4) is 0 Å². The van der Waals surface area contributed by atoms with Crippen LogP contribution in [0.1, 0.15) is 36.1 Å². The first-order chi connectivity index (χ1) is 7.77. The zero-order valence-electron chi connectivity index (χ0n) is 9.19. The van der Waals surface area contributed by atoms with Crippen molar-refractivity contribution in [2.45, 2.75) is 24.9 Å². The van der Waals surface area contributed by atoms with E-state index in [1.165, 1.54) is 21.9 Å². The van der Waals surface area contributed by atoms with Gasteiger partial charge in [-0.1, -0.05) is 36.4 Å². The van der Waals surface area contributed by atoms with E-state index >= 15 is 0 Å². The molecule has 0 unspecified atom stereocenters. The molecule has 0 spiro atoms. The summed E-state index contributed by atoms with van der Waals surface area (Å²) in [5.41, 5.74) is 14.9. The van der Waals surface area contributed by atoms with Gasteiger partial charge in [-0.05, 0) is 34.7 Å². The number of hydrogen-bond acceptors (Lipinski definition) is 2. The second-order valence-corrected chi connectivity index (χ2v) is 4.58. The van der Waals surface area contributed by atoms with Crippen LogP contribution in [0.2, 0.25) is 0 Å². The Bertz CT molecular complexity index is 533. The normalized spacial score (nSPS) is 24.4. The van der Waals surface area contributed by atoms with E-state index in [0.717, 1.165) is 12.8 Å². The number of hydrogen-bond donors (Lipinski definition) is 2. The third-order valence-electron chi connectivity index (χ3n) is 3.56. The number of nitrogens with two attached hydrogens (primary N) is 2. The van der Waals surface area contributed by atoms with Gasteiger partial charge in [0.25, 0.3) is 0 Å². The lowest BCUT2D eigenvalue weighted by Gasteiger charge is -2.28. The summed E-state index contributed by atoms with van der Waals surface area (Å²) in [6, 6.07) is 13.0. The van der Waals surface area contributed by atoms with Gasteiger partial charge in [0, 0.05) is 12.1 Å². The van der Waals surface area contributed by atoms with Crippen LogP contribution < -0.4 is 11.5 Å². The van der Waals surface area contributed by atoms with E-state index < -0.39 is 0 Å². The fourth-order valence-corrected chi connectivity index (χ4v) is 2.71. The summed E-state index contributed by atoms with van der Waals surface area (Å²) < 4.78 is 0. The van der Waals surface area contributed by atoms with Gasteiger partial charge in [-0.2, -0.15) is 0 Å². The predicted octanol–water partition coefficient (Wildman–Crippen LogP) is 2.63. The van der Waals surface area contributed by atoms with Crippen molar-refractivity contribution in [3.63, 3.8) is 0 Å². The molecule has 3 rings (SSSR count). The van der Waals surface area contributed by atoms with E-state index in [4.69, 9.17) is 11.5 Å². The average Bonchev–Trinajstić information content (AvgIpc) is 2.33. The van der Waals surface area contributed by atoms with Gasteiger partial charge in [0.15, 0.2) is 0 Å². The highest BCUT2D eigenvalue weighted by molar-refractivity contribution is 5.87. The van der Waals surface area contributed by atoms with Gasteiger partial charge in [-0.3, -0.25) is 0 Å². The Labute approximate surface area is 95.2 Å². The Balaban J connectivity index is 2.35.